The number of amides is 1. The summed E-state index contributed by atoms with van der Waals surface area (Å²) < 4.78 is 5.16. The van der Waals surface area contributed by atoms with Gasteiger partial charge in [0.15, 0.2) is 0 Å². The van der Waals surface area contributed by atoms with Crippen molar-refractivity contribution in [1.82, 2.24) is 5.32 Å². The first kappa shape index (κ1) is 24.0. The van der Waals surface area contributed by atoms with Gasteiger partial charge in [-0.2, -0.15) is 0 Å². The largest absolute Gasteiger partial charge is 0.465 e. The van der Waals surface area contributed by atoms with Crippen molar-refractivity contribution < 1.29 is 14.3 Å². The molecule has 33 heavy (non-hydrogen) atoms. The van der Waals surface area contributed by atoms with Gasteiger partial charge in [0.2, 0.25) is 5.91 Å². The van der Waals surface area contributed by atoms with Crippen LogP contribution in [0.4, 0.5) is 5.69 Å². The van der Waals surface area contributed by atoms with Gasteiger partial charge in [-0.25, -0.2) is 4.79 Å². The van der Waals surface area contributed by atoms with Gasteiger partial charge in [0, 0.05) is 16.8 Å². The van der Waals surface area contributed by atoms with Crippen LogP contribution in [0.2, 0.25) is 0 Å². The first-order chi connectivity index (χ1) is 16.0. The van der Waals surface area contributed by atoms with Crippen molar-refractivity contribution in [2.75, 3.05) is 25.1 Å². The number of methoxy groups -OCH3 is 1. The number of nitrogens with one attached hydrogen (secondary N) is 1. The third-order valence-electron chi connectivity index (χ3n) is 7.48. The second-order valence-electron chi connectivity index (χ2n) is 9.68. The molecule has 1 aromatic heterocycles. The van der Waals surface area contributed by atoms with Crippen molar-refractivity contribution in [3.05, 3.63) is 41.3 Å². The van der Waals surface area contributed by atoms with E-state index >= 15 is 0 Å². The predicted molar refractivity (Wildman–Crippen MR) is 135 cm³/mol. The van der Waals surface area contributed by atoms with Crippen molar-refractivity contribution in [2.24, 2.45) is 17.8 Å². The third kappa shape index (κ3) is 5.33. The van der Waals surface area contributed by atoms with Crippen LogP contribution in [0.15, 0.2) is 36.4 Å². The van der Waals surface area contributed by atoms with Crippen molar-refractivity contribution in [2.45, 2.75) is 58.4 Å². The number of hydrogen-bond acceptors (Lipinski definition) is 5. The number of nitrogens with zero attached hydrogens (tertiary/aromatic N) is 1. The highest BCUT2D eigenvalue weighted by Crippen LogP contribution is 2.41. The Morgan fingerprint density at radius 1 is 1.06 bits per heavy atom. The van der Waals surface area contributed by atoms with Crippen molar-refractivity contribution in [3.8, 4) is 10.4 Å². The van der Waals surface area contributed by atoms with Gasteiger partial charge in [-0.05, 0) is 82.0 Å². The molecular weight excluding hydrogens is 432 g/mol. The molecule has 0 bridgehead atoms. The summed E-state index contributed by atoms with van der Waals surface area (Å²) in [6.45, 7) is 6.39. The van der Waals surface area contributed by atoms with Crippen molar-refractivity contribution in [1.29, 1.82) is 0 Å². The highest BCUT2D eigenvalue weighted by atomic mass is 32.1. The van der Waals surface area contributed by atoms with Crippen LogP contribution in [0.1, 0.15) is 62.0 Å². The van der Waals surface area contributed by atoms with Crippen LogP contribution in [0, 0.1) is 17.8 Å². The molecule has 6 heteroatoms. The monoisotopic (exact) mass is 468 g/mol. The lowest BCUT2D eigenvalue weighted by atomic mass is 9.81. The van der Waals surface area contributed by atoms with Crippen LogP contribution in [0.5, 0.6) is 0 Å². The van der Waals surface area contributed by atoms with E-state index in [0.29, 0.717) is 16.7 Å². The fourth-order valence-electron chi connectivity index (χ4n) is 5.32. The molecule has 1 aliphatic carbocycles. The number of thiophene rings is 1. The second-order valence-corrected chi connectivity index (χ2v) is 10.7. The molecule has 2 aliphatic rings. The number of rotatable bonds is 6. The molecule has 2 fully saturated rings. The molecule has 1 N–H and O–H groups in total. The SMILES string of the molecule is COC(=O)c1sc(-c2ccccc2)cc1N(C(=O)C1CCC(C)CC1)C(C)C1CCNCC1. The van der Waals surface area contributed by atoms with Crippen molar-refractivity contribution >= 4 is 28.9 Å². The van der Waals surface area contributed by atoms with Crippen LogP contribution in [0.3, 0.4) is 0 Å². The van der Waals surface area contributed by atoms with Crippen LogP contribution in [0.25, 0.3) is 10.4 Å². The normalized spacial score (nSPS) is 22.5. The maximum atomic E-state index is 14.1. The molecular formula is C27H36N2O3S. The lowest BCUT2D eigenvalue weighted by Crippen LogP contribution is -2.49. The summed E-state index contributed by atoms with van der Waals surface area (Å²) in [4.78, 5) is 30.4. The molecule has 1 aromatic carbocycles. The molecule has 178 valence electrons. The quantitative estimate of drug-likeness (QED) is 0.549. The summed E-state index contributed by atoms with van der Waals surface area (Å²) >= 11 is 1.42. The van der Waals surface area contributed by atoms with Gasteiger partial charge in [-0.1, -0.05) is 37.3 Å². The minimum absolute atomic E-state index is 0.0240. The summed E-state index contributed by atoms with van der Waals surface area (Å²) in [6.07, 6.45) is 6.12. The summed E-state index contributed by atoms with van der Waals surface area (Å²) in [5.74, 6) is 0.917. The molecule has 1 atom stereocenters. The molecule has 1 aliphatic heterocycles. The van der Waals surface area contributed by atoms with Gasteiger partial charge >= 0.3 is 5.97 Å². The van der Waals surface area contributed by atoms with Gasteiger partial charge in [0.05, 0.1) is 12.8 Å². The summed E-state index contributed by atoms with van der Waals surface area (Å²) in [5, 5.41) is 3.43. The highest BCUT2D eigenvalue weighted by molar-refractivity contribution is 7.18. The number of carbonyl (C=O) groups excluding carboxylic acids is 2. The summed E-state index contributed by atoms with van der Waals surface area (Å²) in [7, 11) is 1.42. The first-order valence-corrected chi connectivity index (χ1v) is 13.1. The molecule has 0 spiro atoms. The van der Waals surface area contributed by atoms with E-state index in [9.17, 15) is 9.59 Å². The fourth-order valence-corrected chi connectivity index (χ4v) is 6.40. The number of esters is 1. The zero-order chi connectivity index (χ0) is 23.4. The zero-order valence-corrected chi connectivity index (χ0v) is 20.8. The lowest BCUT2D eigenvalue weighted by Gasteiger charge is -2.39. The van der Waals surface area contributed by atoms with Gasteiger partial charge in [0.25, 0.3) is 0 Å². The smallest absolute Gasteiger partial charge is 0.350 e. The molecule has 0 radical (unpaired) electrons. The number of hydrogen-bond donors (Lipinski definition) is 1. The molecule has 1 unspecified atom stereocenters. The zero-order valence-electron chi connectivity index (χ0n) is 20.0. The number of ether oxygens (including phenoxy) is 1. The maximum Gasteiger partial charge on any atom is 0.350 e. The molecule has 4 rings (SSSR count). The molecule has 5 nitrogen and oxygen atoms in total. The standard InChI is InChI=1S/C27H36N2O3S/c1-18-9-11-22(12-10-18)26(30)29(19(2)20-13-15-28-16-14-20)23-17-24(21-7-5-4-6-8-21)33-25(23)27(31)32-3/h4-8,17-20,22,28H,9-16H2,1-3H3. The Kier molecular flexibility index (Phi) is 7.86. The van der Waals surface area contributed by atoms with Crippen LogP contribution >= 0.6 is 11.3 Å². The molecule has 1 saturated heterocycles. The fraction of sp³-hybridized carbons (Fsp3) is 0.556. The van der Waals surface area contributed by atoms with E-state index in [1.54, 1.807) is 0 Å². The molecule has 2 aromatic rings. The minimum Gasteiger partial charge on any atom is -0.465 e. The van der Waals surface area contributed by atoms with Crippen LogP contribution < -0.4 is 10.2 Å². The number of anilines is 1. The molecule has 1 saturated carbocycles. The van der Waals surface area contributed by atoms with E-state index in [1.807, 2.05) is 41.3 Å². The Morgan fingerprint density at radius 2 is 1.73 bits per heavy atom. The van der Waals surface area contributed by atoms with Gasteiger partial charge in [0.1, 0.15) is 4.88 Å². The van der Waals surface area contributed by atoms with E-state index in [4.69, 9.17) is 4.74 Å². The average molecular weight is 469 g/mol. The third-order valence-corrected chi connectivity index (χ3v) is 8.63. The van der Waals surface area contributed by atoms with Gasteiger partial charge in [-0.3, -0.25) is 4.79 Å². The topological polar surface area (TPSA) is 58.6 Å². The first-order valence-electron chi connectivity index (χ1n) is 12.3. The Bertz CT molecular complexity index is 944. The van der Waals surface area contributed by atoms with E-state index in [2.05, 4.69) is 19.2 Å². The second kappa shape index (κ2) is 10.8. The maximum absolute atomic E-state index is 14.1. The van der Waals surface area contributed by atoms with Gasteiger partial charge < -0.3 is 15.0 Å². The Balaban J connectivity index is 1.76. The Hall–Kier alpha value is -2.18. The van der Waals surface area contributed by atoms with E-state index in [1.165, 1.54) is 18.4 Å². The summed E-state index contributed by atoms with van der Waals surface area (Å²) in [5.41, 5.74) is 1.77. The average Bonchev–Trinajstić information content (AvgIpc) is 3.30. The van der Waals surface area contributed by atoms with Gasteiger partial charge in [-0.15, -0.1) is 11.3 Å². The Morgan fingerprint density at radius 3 is 2.36 bits per heavy atom. The molecule has 2 heterocycles. The minimum atomic E-state index is -0.371. The number of benzene rings is 1. The predicted octanol–water partition coefficient (Wildman–Crippen LogP) is 5.75. The summed E-state index contributed by atoms with van der Waals surface area (Å²) in [6, 6.07) is 12.1. The van der Waals surface area contributed by atoms with E-state index in [-0.39, 0.29) is 23.8 Å². The van der Waals surface area contributed by atoms with Crippen LogP contribution in [-0.2, 0) is 9.53 Å². The Labute approximate surface area is 201 Å². The highest BCUT2D eigenvalue weighted by Gasteiger charge is 2.37. The lowest BCUT2D eigenvalue weighted by molar-refractivity contribution is -0.124. The van der Waals surface area contributed by atoms with Crippen LogP contribution in [-0.4, -0.2) is 38.1 Å². The van der Waals surface area contributed by atoms with E-state index < -0.39 is 0 Å². The number of carbonyl (C=O) groups is 2. The number of piperidine rings is 1. The molecule has 1 amide bonds. The van der Waals surface area contributed by atoms with E-state index in [0.717, 1.165) is 67.7 Å². The van der Waals surface area contributed by atoms with Crippen molar-refractivity contribution in [3.63, 3.8) is 0 Å².